The maximum atomic E-state index is 13.3. The van der Waals surface area contributed by atoms with E-state index in [0.29, 0.717) is 23.7 Å². The van der Waals surface area contributed by atoms with Crippen molar-refractivity contribution in [3.05, 3.63) is 101 Å². The van der Waals surface area contributed by atoms with Gasteiger partial charge in [-0.2, -0.15) is 13.2 Å². The molecule has 1 fully saturated rings. The number of benzene rings is 3. The smallest absolute Gasteiger partial charge is 0.416 e. The molecule has 1 amide bonds. The van der Waals surface area contributed by atoms with Gasteiger partial charge in [0, 0.05) is 12.1 Å². The zero-order valence-electron chi connectivity index (χ0n) is 20.1. The van der Waals surface area contributed by atoms with Crippen molar-refractivity contribution < 1.29 is 37.3 Å². The molecule has 0 spiro atoms. The van der Waals surface area contributed by atoms with Crippen molar-refractivity contribution in [2.24, 2.45) is 0 Å². The van der Waals surface area contributed by atoms with Crippen LogP contribution < -0.4 is 9.47 Å². The van der Waals surface area contributed by atoms with E-state index in [-0.39, 0.29) is 23.2 Å². The Labute approximate surface area is 211 Å². The van der Waals surface area contributed by atoms with Crippen LogP contribution in [0.3, 0.4) is 0 Å². The van der Waals surface area contributed by atoms with Crippen LogP contribution in [0, 0.1) is 0 Å². The predicted octanol–water partition coefficient (Wildman–Crippen LogP) is 5.73. The van der Waals surface area contributed by atoms with Crippen LogP contribution in [0.5, 0.6) is 11.5 Å². The Morgan fingerprint density at radius 2 is 1.68 bits per heavy atom. The van der Waals surface area contributed by atoms with Crippen molar-refractivity contribution in [2.45, 2.75) is 25.7 Å². The number of halogens is 3. The number of rotatable bonds is 7. The fourth-order valence-electron chi connectivity index (χ4n) is 4.27. The molecule has 0 aliphatic carbocycles. The summed E-state index contributed by atoms with van der Waals surface area (Å²) in [6.45, 7) is 1.91. The van der Waals surface area contributed by atoms with Gasteiger partial charge < -0.3 is 19.5 Å². The van der Waals surface area contributed by atoms with Crippen LogP contribution >= 0.6 is 0 Å². The second-order valence-corrected chi connectivity index (χ2v) is 8.36. The van der Waals surface area contributed by atoms with Crippen molar-refractivity contribution in [3.8, 4) is 11.5 Å². The number of alkyl halides is 3. The van der Waals surface area contributed by atoms with E-state index in [4.69, 9.17) is 9.47 Å². The topological polar surface area (TPSA) is 76.1 Å². The van der Waals surface area contributed by atoms with Gasteiger partial charge in [-0.25, -0.2) is 0 Å². The lowest BCUT2D eigenvalue weighted by Crippen LogP contribution is -2.29. The molecule has 1 atom stereocenters. The summed E-state index contributed by atoms with van der Waals surface area (Å²) in [5.41, 5.74) is -0.101. The molecule has 1 aliphatic rings. The number of hydrogen-bond acceptors (Lipinski definition) is 5. The van der Waals surface area contributed by atoms with Gasteiger partial charge in [0.1, 0.15) is 17.3 Å². The monoisotopic (exact) mass is 511 g/mol. The Kier molecular flexibility index (Phi) is 7.24. The molecule has 1 aliphatic heterocycles. The predicted molar refractivity (Wildman–Crippen MR) is 130 cm³/mol. The summed E-state index contributed by atoms with van der Waals surface area (Å²) in [7, 11) is 1.49. The number of ketones is 1. The number of likely N-dealkylation sites (tertiary alicyclic amines) is 1. The average molecular weight is 511 g/mol. The first-order valence-electron chi connectivity index (χ1n) is 11.5. The zero-order chi connectivity index (χ0) is 26.7. The van der Waals surface area contributed by atoms with E-state index in [1.807, 2.05) is 0 Å². The van der Waals surface area contributed by atoms with Crippen LogP contribution in [0.1, 0.15) is 35.2 Å². The molecule has 6 nitrogen and oxygen atoms in total. The van der Waals surface area contributed by atoms with Gasteiger partial charge in [-0.1, -0.05) is 36.4 Å². The summed E-state index contributed by atoms with van der Waals surface area (Å²) in [5.74, 6) is -1.28. The maximum absolute atomic E-state index is 13.3. The first-order valence-corrected chi connectivity index (χ1v) is 11.5. The molecule has 1 saturated heterocycles. The van der Waals surface area contributed by atoms with E-state index in [2.05, 4.69) is 0 Å². The van der Waals surface area contributed by atoms with Crippen LogP contribution in [0.15, 0.2) is 78.4 Å². The van der Waals surface area contributed by atoms with Gasteiger partial charge in [0.2, 0.25) is 0 Å². The zero-order valence-corrected chi connectivity index (χ0v) is 20.1. The maximum Gasteiger partial charge on any atom is 0.416 e. The molecule has 37 heavy (non-hydrogen) atoms. The second-order valence-electron chi connectivity index (χ2n) is 8.36. The van der Waals surface area contributed by atoms with Crippen LogP contribution in [0.2, 0.25) is 0 Å². The number of methoxy groups -OCH3 is 1. The van der Waals surface area contributed by atoms with E-state index in [1.54, 1.807) is 55.5 Å². The van der Waals surface area contributed by atoms with Crippen molar-refractivity contribution in [1.82, 2.24) is 4.90 Å². The largest absolute Gasteiger partial charge is 0.507 e. The van der Waals surface area contributed by atoms with Gasteiger partial charge in [0.25, 0.3) is 11.7 Å². The second kappa shape index (κ2) is 10.4. The van der Waals surface area contributed by atoms with Crippen LogP contribution in [-0.4, -0.2) is 35.4 Å². The fourth-order valence-corrected chi connectivity index (χ4v) is 4.27. The summed E-state index contributed by atoms with van der Waals surface area (Å²) >= 11 is 0. The van der Waals surface area contributed by atoms with Crippen molar-refractivity contribution >= 4 is 17.4 Å². The SMILES string of the molecule is CCOc1cccc(/C(O)=C2\C(=O)C(=O)N(Cc3cccc(C(F)(F)F)c3)C2c2ccc(OC)cc2)c1. The summed E-state index contributed by atoms with van der Waals surface area (Å²) in [4.78, 5) is 27.6. The molecule has 4 rings (SSSR count). The molecule has 3 aromatic rings. The number of nitrogens with zero attached hydrogens (tertiary/aromatic N) is 1. The standard InChI is InChI=1S/C28H24F3NO5/c1-3-37-22-9-5-7-19(15-22)25(33)23-24(18-10-12-21(36-2)13-11-18)32(27(35)26(23)34)16-17-6-4-8-20(14-17)28(29,30)31/h4-15,24,33H,3,16H2,1-2H3/b25-23+. The van der Waals surface area contributed by atoms with Crippen LogP contribution in [0.25, 0.3) is 5.76 Å². The number of aliphatic hydroxyl groups excluding tert-OH is 1. The van der Waals surface area contributed by atoms with Gasteiger partial charge in [-0.15, -0.1) is 0 Å². The van der Waals surface area contributed by atoms with Crippen molar-refractivity contribution in [2.75, 3.05) is 13.7 Å². The summed E-state index contributed by atoms with van der Waals surface area (Å²) in [5, 5.41) is 11.2. The minimum absolute atomic E-state index is 0.171. The Morgan fingerprint density at radius 1 is 0.973 bits per heavy atom. The van der Waals surface area contributed by atoms with Crippen molar-refractivity contribution in [3.63, 3.8) is 0 Å². The molecule has 1 N–H and O–H groups in total. The van der Waals surface area contributed by atoms with Gasteiger partial charge >= 0.3 is 6.18 Å². The third kappa shape index (κ3) is 5.30. The third-order valence-corrected chi connectivity index (χ3v) is 6.00. The van der Waals surface area contributed by atoms with E-state index >= 15 is 0 Å². The van der Waals surface area contributed by atoms with Crippen molar-refractivity contribution in [1.29, 1.82) is 0 Å². The number of Topliss-reactive ketones (excluding diaryl/α,β-unsaturated/α-hetero) is 1. The van der Waals surface area contributed by atoms with Crippen LogP contribution in [-0.2, 0) is 22.3 Å². The third-order valence-electron chi connectivity index (χ3n) is 6.00. The molecule has 0 bridgehead atoms. The first-order chi connectivity index (χ1) is 17.6. The highest BCUT2D eigenvalue weighted by atomic mass is 19.4. The van der Waals surface area contributed by atoms with E-state index in [0.717, 1.165) is 17.0 Å². The van der Waals surface area contributed by atoms with Gasteiger partial charge in [0.15, 0.2) is 0 Å². The van der Waals surface area contributed by atoms with Gasteiger partial charge in [-0.05, 0) is 54.4 Å². The summed E-state index contributed by atoms with van der Waals surface area (Å²) in [6, 6.07) is 16.5. The Balaban J connectivity index is 1.83. The minimum atomic E-state index is -4.56. The number of hydrogen-bond donors (Lipinski definition) is 1. The minimum Gasteiger partial charge on any atom is -0.507 e. The molecular formula is C28H24F3NO5. The quantitative estimate of drug-likeness (QED) is 0.249. The highest BCUT2D eigenvalue weighted by molar-refractivity contribution is 6.46. The van der Waals surface area contributed by atoms with E-state index < -0.39 is 35.2 Å². The van der Waals surface area contributed by atoms with Gasteiger partial charge in [0.05, 0.1) is 30.9 Å². The van der Waals surface area contributed by atoms with Gasteiger partial charge in [-0.3, -0.25) is 9.59 Å². The lowest BCUT2D eigenvalue weighted by Gasteiger charge is -2.26. The molecule has 3 aromatic carbocycles. The lowest BCUT2D eigenvalue weighted by atomic mass is 9.95. The molecule has 1 unspecified atom stereocenters. The lowest BCUT2D eigenvalue weighted by molar-refractivity contribution is -0.140. The Bertz CT molecular complexity index is 1350. The summed E-state index contributed by atoms with van der Waals surface area (Å²) < 4.78 is 50.5. The molecule has 0 aromatic heterocycles. The van der Waals surface area contributed by atoms with Crippen LogP contribution in [0.4, 0.5) is 13.2 Å². The van der Waals surface area contributed by atoms with E-state index in [1.165, 1.54) is 19.2 Å². The molecule has 192 valence electrons. The highest BCUT2D eigenvalue weighted by Gasteiger charge is 2.46. The Hall–Kier alpha value is -4.27. The molecular weight excluding hydrogens is 487 g/mol. The number of carbonyl (C=O) groups is 2. The number of carbonyl (C=O) groups excluding carboxylic acids is 2. The molecule has 0 radical (unpaired) electrons. The molecule has 9 heteroatoms. The highest BCUT2D eigenvalue weighted by Crippen LogP contribution is 2.41. The Morgan fingerprint density at radius 3 is 2.32 bits per heavy atom. The molecule has 0 saturated carbocycles. The fraction of sp³-hybridized carbons (Fsp3) is 0.214. The summed E-state index contributed by atoms with van der Waals surface area (Å²) in [6.07, 6.45) is -4.56. The number of amides is 1. The molecule has 1 heterocycles. The average Bonchev–Trinajstić information content (AvgIpc) is 3.13. The first kappa shape index (κ1) is 25.8. The number of aliphatic hydroxyl groups is 1. The van der Waals surface area contributed by atoms with E-state index in [9.17, 15) is 27.9 Å². The number of ether oxygens (including phenoxy) is 2. The normalized spacial score (nSPS) is 17.2.